The molecule has 2 rings (SSSR count). The summed E-state index contributed by atoms with van der Waals surface area (Å²) in [7, 11) is 1.87. The van der Waals surface area contributed by atoms with Crippen LogP contribution in [0, 0.1) is 0 Å². The van der Waals surface area contributed by atoms with Gasteiger partial charge in [-0.3, -0.25) is 14.5 Å². The Hall–Kier alpha value is -1.18. The minimum atomic E-state index is 0.0980. The molecule has 0 bridgehead atoms. The number of nitrogens with zero attached hydrogens (tertiary/aromatic N) is 2. The van der Waals surface area contributed by atoms with Crippen LogP contribution in [0.4, 0.5) is 0 Å². The fraction of sp³-hybridized carbons (Fsp3) is 0.875. The van der Waals surface area contributed by atoms with E-state index in [0.29, 0.717) is 19.2 Å². The van der Waals surface area contributed by atoms with Gasteiger partial charge in [0.1, 0.15) is 0 Å². The normalized spacial score (nSPS) is 21.3. The van der Waals surface area contributed by atoms with E-state index in [1.807, 2.05) is 11.9 Å². The van der Waals surface area contributed by atoms with E-state index in [9.17, 15) is 9.59 Å². The van der Waals surface area contributed by atoms with Crippen molar-refractivity contribution in [1.82, 2.24) is 20.4 Å². The third-order valence-corrected chi connectivity index (χ3v) is 4.61. The summed E-state index contributed by atoms with van der Waals surface area (Å²) >= 11 is 0. The predicted octanol–water partition coefficient (Wildman–Crippen LogP) is -0.576. The number of rotatable bonds is 8. The van der Waals surface area contributed by atoms with Crippen LogP contribution in [0.3, 0.4) is 0 Å². The van der Waals surface area contributed by atoms with Gasteiger partial charge in [0.15, 0.2) is 0 Å². The molecule has 2 amide bonds. The lowest BCUT2D eigenvalue weighted by Gasteiger charge is -2.36. The Bertz CT molecular complexity index is 364. The molecule has 0 aliphatic carbocycles. The summed E-state index contributed by atoms with van der Waals surface area (Å²) in [6.07, 6.45) is 5.35. The molecule has 0 spiro atoms. The second kappa shape index (κ2) is 9.85. The monoisotopic (exact) mass is 326 g/mol. The SMILES string of the molecule is CNCCNC(=O)CN1CCC(OC2CCN(C=O)CC2)CC1. The third-order valence-electron chi connectivity index (χ3n) is 4.61. The molecule has 0 unspecified atom stereocenters. The number of likely N-dealkylation sites (tertiary alicyclic amines) is 2. The highest BCUT2D eigenvalue weighted by molar-refractivity contribution is 5.78. The molecule has 0 saturated carbocycles. The maximum Gasteiger partial charge on any atom is 0.234 e. The van der Waals surface area contributed by atoms with E-state index in [2.05, 4.69) is 15.5 Å². The molecular weight excluding hydrogens is 296 g/mol. The zero-order chi connectivity index (χ0) is 16.5. The van der Waals surface area contributed by atoms with Crippen molar-refractivity contribution >= 4 is 12.3 Å². The highest BCUT2D eigenvalue weighted by atomic mass is 16.5. The van der Waals surface area contributed by atoms with Crippen LogP contribution in [0.1, 0.15) is 25.7 Å². The van der Waals surface area contributed by atoms with Gasteiger partial charge in [0.05, 0.1) is 18.8 Å². The van der Waals surface area contributed by atoms with Gasteiger partial charge < -0.3 is 20.3 Å². The van der Waals surface area contributed by atoms with E-state index in [4.69, 9.17) is 4.74 Å². The Morgan fingerprint density at radius 3 is 2.26 bits per heavy atom. The lowest BCUT2D eigenvalue weighted by atomic mass is 10.0. The number of carbonyl (C=O) groups is 2. The average molecular weight is 326 g/mol. The summed E-state index contributed by atoms with van der Waals surface area (Å²) in [6.45, 7) is 5.39. The zero-order valence-electron chi connectivity index (χ0n) is 14.1. The summed E-state index contributed by atoms with van der Waals surface area (Å²) in [4.78, 5) is 26.5. The minimum Gasteiger partial charge on any atom is -0.375 e. The van der Waals surface area contributed by atoms with Gasteiger partial charge in [-0.25, -0.2) is 0 Å². The number of piperidine rings is 2. The fourth-order valence-electron chi connectivity index (χ4n) is 3.18. The molecule has 2 heterocycles. The lowest BCUT2D eigenvalue weighted by Crippen LogP contribution is -2.45. The molecule has 2 aliphatic rings. The first kappa shape index (κ1) is 18.2. The topological polar surface area (TPSA) is 73.9 Å². The van der Waals surface area contributed by atoms with E-state index in [1.54, 1.807) is 0 Å². The maximum atomic E-state index is 11.8. The van der Waals surface area contributed by atoms with Crippen molar-refractivity contribution in [3.63, 3.8) is 0 Å². The van der Waals surface area contributed by atoms with E-state index in [0.717, 1.165) is 64.8 Å². The molecule has 7 nitrogen and oxygen atoms in total. The number of nitrogens with one attached hydrogen (secondary N) is 2. The maximum absolute atomic E-state index is 11.8. The van der Waals surface area contributed by atoms with Crippen LogP contribution in [-0.4, -0.2) is 87.2 Å². The fourth-order valence-corrected chi connectivity index (χ4v) is 3.18. The first-order valence-corrected chi connectivity index (χ1v) is 8.69. The molecular formula is C16H30N4O3. The van der Waals surface area contributed by atoms with Crippen molar-refractivity contribution in [2.45, 2.75) is 37.9 Å². The van der Waals surface area contributed by atoms with Crippen molar-refractivity contribution in [2.75, 3.05) is 52.9 Å². The lowest BCUT2D eigenvalue weighted by molar-refractivity contribution is -0.125. The van der Waals surface area contributed by atoms with Gasteiger partial charge in [-0.15, -0.1) is 0 Å². The van der Waals surface area contributed by atoms with E-state index in [1.165, 1.54) is 0 Å². The number of ether oxygens (including phenoxy) is 1. The van der Waals surface area contributed by atoms with Gasteiger partial charge in [0.2, 0.25) is 12.3 Å². The van der Waals surface area contributed by atoms with Crippen molar-refractivity contribution < 1.29 is 14.3 Å². The van der Waals surface area contributed by atoms with Crippen LogP contribution in [-0.2, 0) is 14.3 Å². The highest BCUT2D eigenvalue weighted by Gasteiger charge is 2.26. The second-order valence-corrected chi connectivity index (χ2v) is 6.41. The molecule has 0 radical (unpaired) electrons. The standard InChI is InChI=1S/C16H30N4O3/c1-17-6-7-18-16(22)12-19-8-2-14(3-9-19)23-15-4-10-20(13-21)11-5-15/h13-15,17H,2-12H2,1H3,(H,18,22). The van der Waals surface area contributed by atoms with Crippen LogP contribution < -0.4 is 10.6 Å². The van der Waals surface area contributed by atoms with E-state index >= 15 is 0 Å². The Kier molecular flexibility index (Phi) is 7.78. The summed E-state index contributed by atoms with van der Waals surface area (Å²) in [5.41, 5.74) is 0. The summed E-state index contributed by atoms with van der Waals surface area (Å²) in [5, 5.41) is 5.92. The molecule has 2 fully saturated rings. The Morgan fingerprint density at radius 2 is 1.70 bits per heavy atom. The molecule has 2 N–H and O–H groups in total. The van der Waals surface area contributed by atoms with Crippen LogP contribution in [0.5, 0.6) is 0 Å². The van der Waals surface area contributed by atoms with E-state index < -0.39 is 0 Å². The van der Waals surface area contributed by atoms with Crippen LogP contribution in [0.25, 0.3) is 0 Å². The number of carbonyl (C=O) groups excluding carboxylic acids is 2. The third kappa shape index (κ3) is 6.45. The van der Waals surface area contributed by atoms with Gasteiger partial charge >= 0.3 is 0 Å². The van der Waals surface area contributed by atoms with Crippen molar-refractivity contribution in [2.24, 2.45) is 0 Å². The highest BCUT2D eigenvalue weighted by Crippen LogP contribution is 2.20. The quantitative estimate of drug-likeness (QED) is 0.461. The van der Waals surface area contributed by atoms with Gasteiger partial charge in [0, 0.05) is 39.3 Å². The number of hydrogen-bond donors (Lipinski definition) is 2. The molecule has 0 aromatic rings. The Balaban J connectivity index is 1.58. The van der Waals surface area contributed by atoms with Gasteiger partial charge in [-0.05, 0) is 32.7 Å². The van der Waals surface area contributed by atoms with Crippen molar-refractivity contribution in [3.8, 4) is 0 Å². The molecule has 2 saturated heterocycles. The predicted molar refractivity (Wildman–Crippen MR) is 88.1 cm³/mol. The van der Waals surface area contributed by atoms with E-state index in [-0.39, 0.29) is 12.0 Å². The minimum absolute atomic E-state index is 0.0980. The zero-order valence-corrected chi connectivity index (χ0v) is 14.1. The first-order valence-electron chi connectivity index (χ1n) is 8.69. The molecule has 2 aliphatic heterocycles. The second-order valence-electron chi connectivity index (χ2n) is 6.41. The molecule has 0 aromatic carbocycles. The Morgan fingerprint density at radius 1 is 1.09 bits per heavy atom. The van der Waals surface area contributed by atoms with Crippen molar-refractivity contribution in [3.05, 3.63) is 0 Å². The molecule has 0 atom stereocenters. The summed E-state index contributed by atoms with van der Waals surface area (Å²) < 4.78 is 6.18. The molecule has 23 heavy (non-hydrogen) atoms. The van der Waals surface area contributed by atoms with Crippen LogP contribution >= 0.6 is 0 Å². The summed E-state index contributed by atoms with van der Waals surface area (Å²) in [6, 6.07) is 0. The van der Waals surface area contributed by atoms with Gasteiger partial charge in [-0.2, -0.15) is 0 Å². The van der Waals surface area contributed by atoms with Gasteiger partial charge in [0.25, 0.3) is 0 Å². The number of likely N-dealkylation sites (N-methyl/N-ethyl adjacent to an activating group) is 1. The van der Waals surface area contributed by atoms with Gasteiger partial charge in [-0.1, -0.05) is 0 Å². The average Bonchev–Trinajstić information content (AvgIpc) is 2.57. The number of amides is 2. The number of hydrogen-bond acceptors (Lipinski definition) is 5. The molecule has 0 aromatic heterocycles. The Labute approximate surface area is 138 Å². The van der Waals surface area contributed by atoms with Crippen molar-refractivity contribution in [1.29, 1.82) is 0 Å². The largest absolute Gasteiger partial charge is 0.375 e. The molecule has 7 heteroatoms. The smallest absolute Gasteiger partial charge is 0.234 e. The molecule has 132 valence electrons. The van der Waals surface area contributed by atoms with Crippen LogP contribution in [0.15, 0.2) is 0 Å². The first-order chi connectivity index (χ1) is 11.2. The van der Waals surface area contributed by atoms with Crippen LogP contribution in [0.2, 0.25) is 0 Å². The summed E-state index contributed by atoms with van der Waals surface area (Å²) in [5.74, 6) is 0.0980.